The van der Waals surface area contributed by atoms with Crippen molar-refractivity contribution in [2.45, 2.75) is 44.8 Å². The van der Waals surface area contributed by atoms with Crippen molar-refractivity contribution >= 4 is 11.9 Å². The van der Waals surface area contributed by atoms with Gasteiger partial charge in [0.15, 0.2) is 0 Å². The van der Waals surface area contributed by atoms with E-state index in [4.69, 9.17) is 5.11 Å². The molecule has 1 N–H and O–H groups in total. The van der Waals surface area contributed by atoms with E-state index in [1.54, 1.807) is 14.0 Å². The molecular weight excluding hydrogens is 280 g/mol. The quantitative estimate of drug-likeness (QED) is 0.903. The highest BCUT2D eigenvalue weighted by Gasteiger charge is 2.33. The summed E-state index contributed by atoms with van der Waals surface area (Å²) in [6.07, 6.45) is 2.88. The van der Waals surface area contributed by atoms with E-state index in [2.05, 4.69) is 17.0 Å². The molecule has 1 aliphatic heterocycles. The molecule has 5 nitrogen and oxygen atoms in total. The van der Waals surface area contributed by atoms with Gasteiger partial charge in [0.2, 0.25) is 5.91 Å². The molecule has 22 heavy (non-hydrogen) atoms. The molecule has 120 valence electrons. The molecule has 1 heterocycles. The van der Waals surface area contributed by atoms with E-state index in [0.717, 1.165) is 32.4 Å². The predicted octanol–water partition coefficient (Wildman–Crippen LogP) is 1.97. The van der Waals surface area contributed by atoms with Crippen molar-refractivity contribution in [1.82, 2.24) is 9.80 Å². The standard InChI is InChI=1S/C17H24N2O3/c1-13(17(21)22)18(2)16(20)15-10-6-7-11-19(15)12-14-8-4-3-5-9-14/h3-5,8-9,13,15H,6-7,10-12H2,1-2H3,(H,21,22)/t13-,15+/m0/s1. The molecule has 1 aromatic rings. The maximum Gasteiger partial charge on any atom is 0.326 e. The first-order valence-corrected chi connectivity index (χ1v) is 7.78. The third kappa shape index (κ3) is 3.85. The molecular formula is C17H24N2O3. The van der Waals surface area contributed by atoms with Gasteiger partial charge in [-0.1, -0.05) is 36.8 Å². The van der Waals surface area contributed by atoms with Gasteiger partial charge < -0.3 is 10.0 Å². The molecule has 1 saturated heterocycles. The number of likely N-dealkylation sites (N-methyl/N-ethyl adjacent to an activating group) is 1. The van der Waals surface area contributed by atoms with Crippen molar-refractivity contribution in [2.75, 3.05) is 13.6 Å². The number of aliphatic carboxylic acids is 1. The molecule has 0 bridgehead atoms. The summed E-state index contributed by atoms with van der Waals surface area (Å²) in [5.74, 6) is -1.06. The molecule has 0 aromatic heterocycles. The number of hydrogen-bond donors (Lipinski definition) is 1. The average molecular weight is 304 g/mol. The second-order valence-electron chi connectivity index (χ2n) is 5.93. The average Bonchev–Trinajstić information content (AvgIpc) is 2.54. The fourth-order valence-corrected chi connectivity index (χ4v) is 2.87. The molecule has 0 unspecified atom stereocenters. The number of nitrogens with zero attached hydrogens (tertiary/aromatic N) is 2. The molecule has 1 fully saturated rings. The van der Waals surface area contributed by atoms with Crippen LogP contribution in [0.1, 0.15) is 31.7 Å². The molecule has 0 aliphatic carbocycles. The van der Waals surface area contributed by atoms with Crippen molar-refractivity contribution < 1.29 is 14.7 Å². The monoisotopic (exact) mass is 304 g/mol. The Labute approximate surface area is 131 Å². The van der Waals surface area contributed by atoms with Crippen LogP contribution in [0.15, 0.2) is 30.3 Å². The van der Waals surface area contributed by atoms with Crippen LogP contribution in [0.25, 0.3) is 0 Å². The third-order valence-electron chi connectivity index (χ3n) is 4.41. The number of carboxylic acids is 1. The summed E-state index contributed by atoms with van der Waals surface area (Å²) in [5, 5.41) is 9.09. The van der Waals surface area contributed by atoms with Gasteiger partial charge in [0.05, 0.1) is 6.04 Å². The van der Waals surface area contributed by atoms with E-state index in [1.165, 1.54) is 10.5 Å². The van der Waals surface area contributed by atoms with E-state index in [-0.39, 0.29) is 11.9 Å². The number of carbonyl (C=O) groups excluding carboxylic acids is 1. The Morgan fingerprint density at radius 2 is 2.00 bits per heavy atom. The number of hydrogen-bond acceptors (Lipinski definition) is 3. The second-order valence-corrected chi connectivity index (χ2v) is 5.93. The van der Waals surface area contributed by atoms with Crippen LogP contribution in [-0.2, 0) is 16.1 Å². The Morgan fingerprint density at radius 3 is 2.64 bits per heavy atom. The van der Waals surface area contributed by atoms with Crippen LogP contribution in [0.5, 0.6) is 0 Å². The number of piperidine rings is 1. The molecule has 0 spiro atoms. The topological polar surface area (TPSA) is 60.9 Å². The summed E-state index contributed by atoms with van der Waals surface area (Å²) in [5.41, 5.74) is 1.18. The molecule has 1 aromatic carbocycles. The summed E-state index contributed by atoms with van der Waals surface area (Å²) in [4.78, 5) is 27.3. The highest BCUT2D eigenvalue weighted by Crippen LogP contribution is 2.21. The largest absolute Gasteiger partial charge is 0.480 e. The Balaban J connectivity index is 2.09. The summed E-state index contributed by atoms with van der Waals surface area (Å²) in [7, 11) is 1.58. The summed E-state index contributed by atoms with van der Waals surface area (Å²) < 4.78 is 0. The number of likely N-dealkylation sites (tertiary alicyclic amines) is 1. The summed E-state index contributed by atoms with van der Waals surface area (Å²) >= 11 is 0. The highest BCUT2D eigenvalue weighted by atomic mass is 16.4. The zero-order valence-electron chi connectivity index (χ0n) is 13.2. The maximum absolute atomic E-state index is 12.7. The minimum Gasteiger partial charge on any atom is -0.480 e. The van der Waals surface area contributed by atoms with Gasteiger partial charge in [-0.15, -0.1) is 0 Å². The van der Waals surface area contributed by atoms with Crippen LogP contribution in [0.4, 0.5) is 0 Å². The molecule has 0 radical (unpaired) electrons. The maximum atomic E-state index is 12.7. The van der Waals surface area contributed by atoms with Gasteiger partial charge in [-0.25, -0.2) is 4.79 Å². The molecule has 2 atom stereocenters. The molecule has 1 aliphatic rings. The zero-order valence-corrected chi connectivity index (χ0v) is 13.2. The highest BCUT2D eigenvalue weighted by molar-refractivity contribution is 5.86. The normalized spacial score (nSPS) is 20.4. The van der Waals surface area contributed by atoms with Crippen molar-refractivity contribution in [1.29, 1.82) is 0 Å². The third-order valence-corrected chi connectivity index (χ3v) is 4.41. The Hall–Kier alpha value is -1.88. The number of carboxylic acid groups (broad SMARTS) is 1. The van der Waals surface area contributed by atoms with Crippen molar-refractivity contribution in [3.63, 3.8) is 0 Å². The van der Waals surface area contributed by atoms with Gasteiger partial charge in [0.1, 0.15) is 6.04 Å². The van der Waals surface area contributed by atoms with Crippen LogP contribution in [0.2, 0.25) is 0 Å². The molecule has 2 rings (SSSR count). The van der Waals surface area contributed by atoms with Crippen LogP contribution < -0.4 is 0 Å². The van der Waals surface area contributed by atoms with Crippen molar-refractivity contribution in [3.05, 3.63) is 35.9 Å². The predicted molar refractivity (Wildman–Crippen MR) is 84.4 cm³/mol. The lowest BCUT2D eigenvalue weighted by Gasteiger charge is -2.37. The Kier molecular flexibility index (Phi) is 5.55. The molecule has 0 saturated carbocycles. The van der Waals surface area contributed by atoms with E-state index in [1.807, 2.05) is 18.2 Å². The fourth-order valence-electron chi connectivity index (χ4n) is 2.87. The smallest absolute Gasteiger partial charge is 0.326 e. The lowest BCUT2D eigenvalue weighted by Crippen LogP contribution is -2.52. The summed E-state index contributed by atoms with van der Waals surface area (Å²) in [6, 6.07) is 9.06. The number of amides is 1. The van der Waals surface area contributed by atoms with Crippen LogP contribution >= 0.6 is 0 Å². The van der Waals surface area contributed by atoms with Gasteiger partial charge in [-0.2, -0.15) is 0 Å². The Morgan fingerprint density at radius 1 is 1.32 bits per heavy atom. The van der Waals surface area contributed by atoms with E-state index < -0.39 is 12.0 Å². The molecule has 5 heteroatoms. The van der Waals surface area contributed by atoms with Gasteiger partial charge in [-0.05, 0) is 31.9 Å². The van der Waals surface area contributed by atoms with Gasteiger partial charge >= 0.3 is 5.97 Å². The van der Waals surface area contributed by atoms with Gasteiger partial charge in [0.25, 0.3) is 0 Å². The summed E-state index contributed by atoms with van der Waals surface area (Å²) in [6.45, 7) is 3.15. The SMILES string of the molecule is C[C@@H](C(=O)O)N(C)C(=O)[C@H]1CCCCN1Cc1ccccc1. The van der Waals surface area contributed by atoms with Crippen LogP contribution in [0.3, 0.4) is 0 Å². The Bertz CT molecular complexity index is 518. The van der Waals surface area contributed by atoms with Crippen molar-refractivity contribution in [3.8, 4) is 0 Å². The zero-order chi connectivity index (χ0) is 16.1. The van der Waals surface area contributed by atoms with Gasteiger partial charge in [0, 0.05) is 13.6 Å². The minimum atomic E-state index is -0.971. The molecule has 1 amide bonds. The second kappa shape index (κ2) is 7.40. The number of carbonyl (C=O) groups is 2. The number of benzene rings is 1. The minimum absolute atomic E-state index is 0.0921. The van der Waals surface area contributed by atoms with E-state index in [9.17, 15) is 9.59 Å². The van der Waals surface area contributed by atoms with E-state index >= 15 is 0 Å². The lowest BCUT2D eigenvalue weighted by molar-refractivity contribution is -0.151. The van der Waals surface area contributed by atoms with Crippen LogP contribution in [0, 0.1) is 0 Å². The number of rotatable bonds is 5. The first kappa shape index (κ1) is 16.5. The van der Waals surface area contributed by atoms with Crippen LogP contribution in [-0.4, -0.2) is 52.5 Å². The first-order valence-electron chi connectivity index (χ1n) is 7.78. The van der Waals surface area contributed by atoms with E-state index in [0.29, 0.717) is 0 Å². The fraction of sp³-hybridized carbons (Fsp3) is 0.529. The van der Waals surface area contributed by atoms with Gasteiger partial charge in [-0.3, -0.25) is 9.69 Å². The first-order chi connectivity index (χ1) is 10.5. The van der Waals surface area contributed by atoms with Crippen molar-refractivity contribution in [2.24, 2.45) is 0 Å². The lowest BCUT2D eigenvalue weighted by atomic mass is 9.99.